The first-order valence-electron chi connectivity index (χ1n) is 5.40. The van der Waals surface area contributed by atoms with Crippen LogP contribution in [0.15, 0.2) is 41.0 Å². The Morgan fingerprint density at radius 3 is 2.78 bits per heavy atom. The average Bonchev–Trinajstić information content (AvgIpc) is 2.34. The predicted octanol–water partition coefficient (Wildman–Crippen LogP) is 3.80. The Labute approximate surface area is 113 Å². The van der Waals surface area contributed by atoms with E-state index in [2.05, 4.69) is 20.9 Å². The standard InChI is InChI=1S/C13H12BrFN2O/c1-8(16)9-4-5-17-13(6-9)18-10-2-3-11(14)12(15)7-10/h2-8H,16H2,1H3/t8-/m0/s1. The van der Waals surface area contributed by atoms with E-state index in [1.54, 1.807) is 24.4 Å². The number of benzene rings is 1. The summed E-state index contributed by atoms with van der Waals surface area (Å²) in [5, 5.41) is 0. The molecule has 0 unspecified atom stereocenters. The molecule has 0 aliphatic carbocycles. The number of ether oxygens (including phenoxy) is 1. The van der Waals surface area contributed by atoms with Crippen molar-refractivity contribution in [2.75, 3.05) is 0 Å². The fourth-order valence-electron chi connectivity index (χ4n) is 1.42. The van der Waals surface area contributed by atoms with Crippen molar-refractivity contribution in [1.82, 2.24) is 4.98 Å². The van der Waals surface area contributed by atoms with Crippen LogP contribution in [0.3, 0.4) is 0 Å². The summed E-state index contributed by atoms with van der Waals surface area (Å²) >= 11 is 3.08. The van der Waals surface area contributed by atoms with Crippen molar-refractivity contribution in [2.24, 2.45) is 5.73 Å². The number of aromatic nitrogens is 1. The number of rotatable bonds is 3. The van der Waals surface area contributed by atoms with Crippen LogP contribution >= 0.6 is 15.9 Å². The summed E-state index contributed by atoms with van der Waals surface area (Å²) in [7, 11) is 0. The van der Waals surface area contributed by atoms with E-state index in [-0.39, 0.29) is 11.9 Å². The van der Waals surface area contributed by atoms with Gasteiger partial charge >= 0.3 is 0 Å². The maximum atomic E-state index is 13.3. The Bertz CT molecular complexity index is 560. The fourth-order valence-corrected chi connectivity index (χ4v) is 1.67. The maximum Gasteiger partial charge on any atom is 0.219 e. The summed E-state index contributed by atoms with van der Waals surface area (Å²) in [4.78, 5) is 4.06. The van der Waals surface area contributed by atoms with Crippen LogP contribution in [0.25, 0.3) is 0 Å². The Morgan fingerprint density at radius 2 is 2.11 bits per heavy atom. The van der Waals surface area contributed by atoms with Crippen molar-refractivity contribution in [2.45, 2.75) is 13.0 Å². The Hall–Kier alpha value is -1.46. The van der Waals surface area contributed by atoms with Crippen molar-refractivity contribution in [3.8, 4) is 11.6 Å². The van der Waals surface area contributed by atoms with Crippen LogP contribution in [-0.4, -0.2) is 4.98 Å². The van der Waals surface area contributed by atoms with Crippen LogP contribution < -0.4 is 10.5 Å². The van der Waals surface area contributed by atoms with Crippen molar-refractivity contribution >= 4 is 15.9 Å². The van der Waals surface area contributed by atoms with Gasteiger partial charge in [-0.3, -0.25) is 0 Å². The van der Waals surface area contributed by atoms with E-state index in [1.807, 2.05) is 13.0 Å². The SMILES string of the molecule is C[C@H](N)c1ccnc(Oc2ccc(Br)c(F)c2)c1. The molecule has 0 bridgehead atoms. The van der Waals surface area contributed by atoms with Crippen LogP contribution in [0.5, 0.6) is 11.6 Å². The quantitative estimate of drug-likeness (QED) is 0.938. The predicted molar refractivity (Wildman–Crippen MR) is 71.0 cm³/mol. The van der Waals surface area contributed by atoms with Gasteiger partial charge in [0.15, 0.2) is 0 Å². The second-order valence-electron chi connectivity index (χ2n) is 3.89. The molecule has 18 heavy (non-hydrogen) atoms. The molecule has 0 saturated heterocycles. The molecule has 2 N–H and O–H groups in total. The van der Waals surface area contributed by atoms with Gasteiger partial charge in [-0.2, -0.15) is 0 Å². The van der Waals surface area contributed by atoms with Gasteiger partial charge in [-0.25, -0.2) is 9.37 Å². The summed E-state index contributed by atoms with van der Waals surface area (Å²) in [5.41, 5.74) is 6.68. The Morgan fingerprint density at radius 1 is 1.33 bits per heavy atom. The lowest BCUT2D eigenvalue weighted by atomic mass is 10.1. The minimum absolute atomic E-state index is 0.1000. The molecule has 0 aliphatic rings. The number of nitrogens with zero attached hydrogens (tertiary/aromatic N) is 1. The van der Waals surface area contributed by atoms with Crippen LogP contribution in [0.1, 0.15) is 18.5 Å². The summed E-state index contributed by atoms with van der Waals surface area (Å²) in [5.74, 6) is 0.410. The minimum atomic E-state index is -0.379. The van der Waals surface area contributed by atoms with Crippen molar-refractivity contribution in [1.29, 1.82) is 0 Å². The highest BCUT2D eigenvalue weighted by atomic mass is 79.9. The molecule has 2 aromatic rings. The third kappa shape index (κ3) is 3.05. The number of pyridine rings is 1. The molecule has 0 radical (unpaired) electrons. The second-order valence-corrected chi connectivity index (χ2v) is 4.75. The first kappa shape index (κ1) is 13.0. The molecular formula is C13H12BrFN2O. The molecule has 1 atom stereocenters. The lowest BCUT2D eigenvalue weighted by Crippen LogP contribution is -2.05. The first-order chi connectivity index (χ1) is 8.56. The van der Waals surface area contributed by atoms with E-state index in [0.29, 0.717) is 16.1 Å². The largest absolute Gasteiger partial charge is 0.439 e. The van der Waals surface area contributed by atoms with Gasteiger partial charge < -0.3 is 10.5 Å². The third-order valence-electron chi connectivity index (χ3n) is 2.40. The normalized spacial score (nSPS) is 12.2. The average molecular weight is 311 g/mol. The number of hydrogen-bond acceptors (Lipinski definition) is 3. The summed E-state index contributed by atoms with van der Waals surface area (Å²) in [6.45, 7) is 1.87. The molecule has 5 heteroatoms. The van der Waals surface area contributed by atoms with Gasteiger partial charge in [0, 0.05) is 24.4 Å². The lowest BCUT2D eigenvalue weighted by molar-refractivity contribution is 0.456. The molecule has 0 fully saturated rings. The topological polar surface area (TPSA) is 48.1 Å². The molecular weight excluding hydrogens is 299 g/mol. The van der Waals surface area contributed by atoms with E-state index in [9.17, 15) is 4.39 Å². The molecule has 0 spiro atoms. The van der Waals surface area contributed by atoms with Gasteiger partial charge in [0.1, 0.15) is 11.6 Å². The van der Waals surface area contributed by atoms with Gasteiger partial charge in [-0.05, 0) is 46.6 Å². The highest BCUT2D eigenvalue weighted by Gasteiger charge is 2.06. The van der Waals surface area contributed by atoms with Gasteiger partial charge in [0.25, 0.3) is 0 Å². The van der Waals surface area contributed by atoms with E-state index >= 15 is 0 Å². The molecule has 1 heterocycles. The third-order valence-corrected chi connectivity index (χ3v) is 3.04. The number of hydrogen-bond donors (Lipinski definition) is 1. The highest BCUT2D eigenvalue weighted by molar-refractivity contribution is 9.10. The number of nitrogens with two attached hydrogens (primary N) is 1. The molecule has 0 aliphatic heterocycles. The van der Waals surface area contributed by atoms with Crippen molar-refractivity contribution < 1.29 is 9.13 Å². The zero-order valence-corrected chi connectivity index (χ0v) is 11.3. The first-order valence-corrected chi connectivity index (χ1v) is 6.20. The van der Waals surface area contributed by atoms with E-state index in [0.717, 1.165) is 5.56 Å². The van der Waals surface area contributed by atoms with Gasteiger partial charge in [-0.15, -0.1) is 0 Å². The molecule has 1 aromatic heterocycles. The van der Waals surface area contributed by atoms with Gasteiger partial charge in [0.2, 0.25) is 5.88 Å². The van der Waals surface area contributed by atoms with Crippen molar-refractivity contribution in [3.63, 3.8) is 0 Å². The van der Waals surface area contributed by atoms with E-state index in [1.165, 1.54) is 6.07 Å². The summed E-state index contributed by atoms with van der Waals surface area (Å²) in [6.07, 6.45) is 1.61. The molecule has 0 amide bonds. The zero-order chi connectivity index (χ0) is 13.1. The maximum absolute atomic E-state index is 13.3. The lowest BCUT2D eigenvalue weighted by Gasteiger charge is -2.09. The Kier molecular flexibility index (Phi) is 3.93. The van der Waals surface area contributed by atoms with Crippen LogP contribution in [0, 0.1) is 5.82 Å². The smallest absolute Gasteiger partial charge is 0.219 e. The number of halogens is 2. The molecule has 94 valence electrons. The van der Waals surface area contributed by atoms with Gasteiger partial charge in [0.05, 0.1) is 4.47 Å². The molecule has 3 nitrogen and oxygen atoms in total. The molecule has 1 aromatic carbocycles. The fraction of sp³-hybridized carbons (Fsp3) is 0.154. The monoisotopic (exact) mass is 310 g/mol. The molecule has 2 rings (SSSR count). The summed E-state index contributed by atoms with van der Waals surface area (Å²) in [6, 6.07) is 8.00. The Balaban J connectivity index is 2.23. The highest BCUT2D eigenvalue weighted by Crippen LogP contribution is 2.25. The summed E-state index contributed by atoms with van der Waals surface area (Å²) < 4.78 is 19.2. The van der Waals surface area contributed by atoms with Crippen LogP contribution in [0.4, 0.5) is 4.39 Å². The second kappa shape index (κ2) is 5.46. The van der Waals surface area contributed by atoms with Crippen molar-refractivity contribution in [3.05, 3.63) is 52.4 Å². The van der Waals surface area contributed by atoms with E-state index in [4.69, 9.17) is 10.5 Å². The van der Waals surface area contributed by atoms with Crippen LogP contribution in [0.2, 0.25) is 0 Å². The molecule has 0 saturated carbocycles. The zero-order valence-electron chi connectivity index (χ0n) is 9.73. The van der Waals surface area contributed by atoms with Crippen LogP contribution in [-0.2, 0) is 0 Å². The van der Waals surface area contributed by atoms with Gasteiger partial charge in [-0.1, -0.05) is 0 Å². The van der Waals surface area contributed by atoms with E-state index < -0.39 is 0 Å². The minimum Gasteiger partial charge on any atom is -0.439 e.